The highest BCUT2D eigenvalue weighted by molar-refractivity contribution is 7.17. The highest BCUT2D eigenvalue weighted by Crippen LogP contribution is 2.37. The van der Waals surface area contributed by atoms with Crippen molar-refractivity contribution in [2.75, 3.05) is 0 Å². The molecule has 3 rings (SSSR count). The molecular formula is C15H13ClFN3S. The fourth-order valence-corrected chi connectivity index (χ4v) is 3.66. The van der Waals surface area contributed by atoms with Crippen molar-refractivity contribution in [2.24, 2.45) is 0 Å². The number of thiophene rings is 1. The van der Waals surface area contributed by atoms with Crippen LogP contribution in [0, 0.1) is 12.7 Å². The zero-order valence-corrected chi connectivity index (χ0v) is 13.4. The minimum atomic E-state index is -0.518. The van der Waals surface area contributed by atoms with Gasteiger partial charge < -0.3 is 0 Å². The molecule has 0 atom stereocenters. The summed E-state index contributed by atoms with van der Waals surface area (Å²) in [5.41, 5.74) is 2.90. The molecule has 3 nitrogen and oxygen atoms in total. The molecule has 0 aliphatic carbocycles. The Morgan fingerprint density at radius 3 is 2.67 bits per heavy atom. The summed E-state index contributed by atoms with van der Waals surface area (Å²) in [6, 6.07) is 0. The van der Waals surface area contributed by atoms with Gasteiger partial charge in [0.05, 0.1) is 6.20 Å². The van der Waals surface area contributed by atoms with Gasteiger partial charge in [0.2, 0.25) is 5.28 Å². The Kier molecular flexibility index (Phi) is 3.63. The minimum absolute atomic E-state index is 0.0159. The van der Waals surface area contributed by atoms with Crippen LogP contribution in [0.25, 0.3) is 21.5 Å². The molecule has 6 heteroatoms. The van der Waals surface area contributed by atoms with Crippen LogP contribution in [0.1, 0.15) is 30.9 Å². The number of pyridine rings is 1. The quantitative estimate of drug-likeness (QED) is 0.625. The molecular weight excluding hydrogens is 309 g/mol. The summed E-state index contributed by atoms with van der Waals surface area (Å²) in [4.78, 5) is 12.1. The zero-order valence-electron chi connectivity index (χ0n) is 11.8. The van der Waals surface area contributed by atoms with Crippen LogP contribution >= 0.6 is 22.9 Å². The third kappa shape index (κ3) is 2.40. The van der Waals surface area contributed by atoms with Crippen LogP contribution in [0.2, 0.25) is 5.28 Å². The summed E-state index contributed by atoms with van der Waals surface area (Å²) in [5, 5.41) is 3.02. The first-order valence-electron chi connectivity index (χ1n) is 6.54. The molecule has 0 fully saturated rings. The lowest BCUT2D eigenvalue weighted by atomic mass is 10.0. The molecule has 0 aliphatic heterocycles. The van der Waals surface area contributed by atoms with Gasteiger partial charge in [0.25, 0.3) is 0 Å². The lowest BCUT2D eigenvalue weighted by Gasteiger charge is -2.10. The maximum Gasteiger partial charge on any atom is 0.223 e. The van der Waals surface area contributed by atoms with Crippen molar-refractivity contribution in [3.8, 4) is 11.4 Å². The van der Waals surface area contributed by atoms with E-state index in [1.165, 1.54) is 0 Å². The van der Waals surface area contributed by atoms with Gasteiger partial charge in [-0.3, -0.25) is 4.98 Å². The summed E-state index contributed by atoms with van der Waals surface area (Å²) in [7, 11) is 0. The molecule has 0 spiro atoms. The van der Waals surface area contributed by atoms with E-state index in [0.717, 1.165) is 27.4 Å². The third-order valence-corrected chi connectivity index (χ3v) is 4.70. The first-order valence-corrected chi connectivity index (χ1v) is 7.80. The standard InChI is InChI=1S/C15H13ClFN3S/c1-7(2)9-4-18-13(11-8(3)6-21-14(9)11)12-10(17)5-19-15(16)20-12/h4-7H,1-3H3. The summed E-state index contributed by atoms with van der Waals surface area (Å²) >= 11 is 7.45. The molecule has 3 aromatic rings. The van der Waals surface area contributed by atoms with Crippen LogP contribution in [-0.2, 0) is 0 Å². The second kappa shape index (κ2) is 5.31. The summed E-state index contributed by atoms with van der Waals surface area (Å²) in [6.07, 6.45) is 2.88. The van der Waals surface area contributed by atoms with E-state index < -0.39 is 5.82 Å². The van der Waals surface area contributed by atoms with Gasteiger partial charge >= 0.3 is 0 Å². The predicted octanol–water partition coefficient (Wildman–Crippen LogP) is 4.98. The average Bonchev–Trinajstić information content (AvgIpc) is 2.83. The number of halogens is 2. The van der Waals surface area contributed by atoms with E-state index in [2.05, 4.69) is 34.2 Å². The fourth-order valence-electron chi connectivity index (χ4n) is 2.31. The highest BCUT2D eigenvalue weighted by atomic mass is 35.5. The Hall–Kier alpha value is -1.59. The van der Waals surface area contributed by atoms with Crippen molar-refractivity contribution in [3.05, 3.63) is 40.0 Å². The predicted molar refractivity (Wildman–Crippen MR) is 84.4 cm³/mol. The Morgan fingerprint density at radius 1 is 1.19 bits per heavy atom. The van der Waals surface area contributed by atoms with Gasteiger partial charge in [-0.25, -0.2) is 14.4 Å². The molecule has 0 saturated heterocycles. The van der Waals surface area contributed by atoms with E-state index >= 15 is 0 Å². The first kappa shape index (κ1) is 14.4. The highest BCUT2D eigenvalue weighted by Gasteiger charge is 2.19. The second-order valence-electron chi connectivity index (χ2n) is 5.18. The molecule has 3 heterocycles. The van der Waals surface area contributed by atoms with Crippen molar-refractivity contribution in [2.45, 2.75) is 26.7 Å². The SMILES string of the molecule is Cc1csc2c(C(C)C)cnc(-c3nc(Cl)ncc3F)c12. The molecule has 0 N–H and O–H groups in total. The molecule has 3 aromatic heterocycles. The van der Waals surface area contributed by atoms with Gasteiger partial charge in [-0.15, -0.1) is 11.3 Å². The Labute approximate surface area is 130 Å². The van der Waals surface area contributed by atoms with E-state index in [4.69, 9.17) is 11.6 Å². The molecule has 0 aromatic carbocycles. The minimum Gasteiger partial charge on any atom is -0.253 e. The fraction of sp³-hybridized carbons (Fsp3) is 0.267. The number of aromatic nitrogens is 3. The molecule has 0 saturated carbocycles. The van der Waals surface area contributed by atoms with Crippen LogP contribution in [-0.4, -0.2) is 15.0 Å². The number of hydrogen-bond acceptors (Lipinski definition) is 4. The van der Waals surface area contributed by atoms with Crippen LogP contribution in [0.4, 0.5) is 4.39 Å². The van der Waals surface area contributed by atoms with Gasteiger partial charge in [0.15, 0.2) is 5.82 Å². The Balaban J connectivity index is 2.36. The van der Waals surface area contributed by atoms with Gasteiger partial charge in [0.1, 0.15) is 11.4 Å². The van der Waals surface area contributed by atoms with Crippen LogP contribution < -0.4 is 0 Å². The largest absolute Gasteiger partial charge is 0.253 e. The first-order chi connectivity index (χ1) is 9.99. The third-order valence-electron chi connectivity index (χ3n) is 3.37. The Bertz CT molecular complexity index is 829. The van der Waals surface area contributed by atoms with Gasteiger partial charge in [-0.05, 0) is 40.9 Å². The van der Waals surface area contributed by atoms with Gasteiger partial charge in [0, 0.05) is 16.3 Å². The van der Waals surface area contributed by atoms with E-state index in [9.17, 15) is 4.39 Å². The topological polar surface area (TPSA) is 38.7 Å². The monoisotopic (exact) mass is 321 g/mol. The maximum absolute atomic E-state index is 14.1. The second-order valence-corrected chi connectivity index (χ2v) is 6.39. The van der Waals surface area contributed by atoms with Gasteiger partial charge in [-0.2, -0.15) is 0 Å². The summed E-state index contributed by atoms with van der Waals surface area (Å²) < 4.78 is 15.2. The van der Waals surface area contributed by atoms with Crippen molar-refractivity contribution in [3.63, 3.8) is 0 Å². The smallest absolute Gasteiger partial charge is 0.223 e. The zero-order chi connectivity index (χ0) is 15.1. The van der Waals surface area contributed by atoms with E-state index in [1.807, 2.05) is 6.92 Å². The molecule has 0 radical (unpaired) electrons. The normalized spacial score (nSPS) is 11.5. The van der Waals surface area contributed by atoms with E-state index in [-0.39, 0.29) is 11.0 Å². The molecule has 108 valence electrons. The van der Waals surface area contributed by atoms with E-state index in [1.54, 1.807) is 17.5 Å². The maximum atomic E-state index is 14.1. The van der Waals surface area contributed by atoms with Crippen molar-refractivity contribution in [1.29, 1.82) is 0 Å². The summed E-state index contributed by atoms with van der Waals surface area (Å²) in [6.45, 7) is 6.23. The van der Waals surface area contributed by atoms with Crippen LogP contribution in [0.15, 0.2) is 17.8 Å². The number of rotatable bonds is 2. The number of fused-ring (bicyclic) bond motifs is 1. The Morgan fingerprint density at radius 2 is 1.95 bits per heavy atom. The van der Waals surface area contributed by atoms with Crippen molar-refractivity contribution < 1.29 is 4.39 Å². The molecule has 0 amide bonds. The molecule has 0 bridgehead atoms. The van der Waals surface area contributed by atoms with E-state index in [0.29, 0.717) is 11.6 Å². The lowest BCUT2D eigenvalue weighted by Crippen LogP contribution is -1.98. The van der Waals surface area contributed by atoms with Gasteiger partial charge in [-0.1, -0.05) is 13.8 Å². The number of hydrogen-bond donors (Lipinski definition) is 0. The average molecular weight is 322 g/mol. The van der Waals surface area contributed by atoms with Crippen molar-refractivity contribution >= 4 is 33.0 Å². The molecule has 0 aliphatic rings. The molecule has 0 unspecified atom stereocenters. The van der Waals surface area contributed by atoms with Crippen LogP contribution in [0.3, 0.4) is 0 Å². The lowest BCUT2D eigenvalue weighted by molar-refractivity contribution is 0.617. The summed E-state index contributed by atoms with van der Waals surface area (Å²) in [5.74, 6) is -0.165. The van der Waals surface area contributed by atoms with Crippen LogP contribution in [0.5, 0.6) is 0 Å². The van der Waals surface area contributed by atoms with Crippen molar-refractivity contribution in [1.82, 2.24) is 15.0 Å². The number of nitrogens with zero attached hydrogens (tertiary/aromatic N) is 3. The number of aryl methyl sites for hydroxylation is 1. The molecule has 21 heavy (non-hydrogen) atoms.